The van der Waals surface area contributed by atoms with E-state index in [-0.39, 0.29) is 9.49 Å². The van der Waals surface area contributed by atoms with Crippen LogP contribution in [-0.2, 0) is 0 Å². The summed E-state index contributed by atoms with van der Waals surface area (Å²) in [6.45, 7) is 10.5. The highest BCUT2D eigenvalue weighted by Gasteiger charge is 2.16. The summed E-state index contributed by atoms with van der Waals surface area (Å²) in [6.07, 6.45) is 2.15. The van der Waals surface area contributed by atoms with E-state index in [4.69, 9.17) is 0 Å². The van der Waals surface area contributed by atoms with E-state index in [1.165, 1.54) is 0 Å². The highest BCUT2D eigenvalue weighted by atomic mass is 32.2. The Morgan fingerprint density at radius 3 is 1.89 bits per heavy atom. The second-order valence-electron chi connectivity index (χ2n) is 6.03. The summed E-state index contributed by atoms with van der Waals surface area (Å²) in [6, 6.07) is 8.34. The Bertz CT molecular complexity index is 397. The molecule has 0 unspecified atom stereocenters. The van der Waals surface area contributed by atoms with Crippen molar-refractivity contribution in [3.63, 3.8) is 0 Å². The van der Waals surface area contributed by atoms with Crippen LogP contribution in [0.25, 0.3) is 0 Å². The molecule has 0 bridgehead atoms. The van der Waals surface area contributed by atoms with Crippen LogP contribution in [0.15, 0.2) is 24.3 Å². The second kappa shape index (κ2) is 6.80. The van der Waals surface area contributed by atoms with Gasteiger partial charge in [0.15, 0.2) is 0 Å². The van der Waals surface area contributed by atoms with Crippen molar-refractivity contribution in [3.05, 3.63) is 24.3 Å². The van der Waals surface area contributed by atoms with E-state index in [9.17, 15) is 0 Å². The summed E-state index contributed by atoms with van der Waals surface area (Å²) in [7, 11) is 0. The van der Waals surface area contributed by atoms with E-state index >= 15 is 0 Å². The van der Waals surface area contributed by atoms with Crippen molar-refractivity contribution in [2.24, 2.45) is 0 Å². The van der Waals surface area contributed by atoms with Gasteiger partial charge in [0.2, 0.25) is 0 Å². The van der Waals surface area contributed by atoms with Gasteiger partial charge < -0.3 is 10.6 Å². The van der Waals surface area contributed by atoms with Gasteiger partial charge in [-0.1, -0.05) is 12.1 Å². The first-order valence-electron chi connectivity index (χ1n) is 6.58. The maximum absolute atomic E-state index is 4.55. The quantitative estimate of drug-likeness (QED) is 0.652. The van der Waals surface area contributed by atoms with E-state index in [0.717, 1.165) is 24.5 Å². The molecule has 2 N–H and O–H groups in total. The van der Waals surface area contributed by atoms with Gasteiger partial charge in [0.25, 0.3) is 0 Å². The predicted octanol–water partition coefficient (Wildman–Crippen LogP) is 4.36. The topological polar surface area (TPSA) is 24.1 Å². The molecule has 0 aliphatic carbocycles. The van der Waals surface area contributed by atoms with Crippen molar-refractivity contribution in [2.45, 2.75) is 37.2 Å². The molecule has 0 saturated heterocycles. The second-order valence-corrected chi connectivity index (χ2v) is 8.75. The Hall–Kier alpha value is -0.480. The fourth-order valence-corrected chi connectivity index (χ4v) is 1.78. The average Bonchev–Trinajstić information content (AvgIpc) is 2.34. The fourth-order valence-electron chi connectivity index (χ4n) is 1.48. The van der Waals surface area contributed by atoms with Crippen LogP contribution < -0.4 is 10.6 Å². The molecule has 0 radical (unpaired) electrons. The van der Waals surface area contributed by atoms with Crippen LogP contribution in [0.3, 0.4) is 0 Å². The maximum Gasteiger partial charge on any atom is 0.0576 e. The number of thiol groups is 1. The molecule has 19 heavy (non-hydrogen) atoms. The molecule has 1 rings (SSSR count). The normalized spacial score (nSPS) is 12.3. The van der Waals surface area contributed by atoms with Gasteiger partial charge in [0.05, 0.1) is 11.4 Å². The van der Waals surface area contributed by atoms with Crippen molar-refractivity contribution in [2.75, 3.05) is 30.0 Å². The molecular formula is C15H26N2S2. The highest BCUT2D eigenvalue weighted by Crippen LogP contribution is 2.26. The predicted molar refractivity (Wildman–Crippen MR) is 94.1 cm³/mol. The summed E-state index contributed by atoms with van der Waals surface area (Å²) < 4.78 is 0.210. The largest absolute Gasteiger partial charge is 0.382 e. The van der Waals surface area contributed by atoms with Crippen LogP contribution in [-0.4, -0.2) is 28.8 Å². The zero-order valence-electron chi connectivity index (χ0n) is 12.6. The lowest BCUT2D eigenvalue weighted by molar-refractivity contribution is 0.749. The summed E-state index contributed by atoms with van der Waals surface area (Å²) in [5.74, 6) is 0. The smallest absolute Gasteiger partial charge is 0.0576 e. The van der Waals surface area contributed by atoms with Crippen LogP contribution >= 0.6 is 24.4 Å². The summed E-state index contributed by atoms with van der Waals surface area (Å²) in [5.41, 5.74) is 2.30. The number of hydrogen-bond donors (Lipinski definition) is 3. The molecule has 4 heteroatoms. The van der Waals surface area contributed by atoms with Crippen LogP contribution in [0.2, 0.25) is 0 Å². The van der Waals surface area contributed by atoms with Crippen LogP contribution in [0, 0.1) is 0 Å². The van der Waals surface area contributed by atoms with Crippen LogP contribution in [0.5, 0.6) is 0 Å². The number of hydrogen-bond acceptors (Lipinski definition) is 4. The lowest BCUT2D eigenvalue weighted by Gasteiger charge is -2.25. The van der Waals surface area contributed by atoms with E-state index in [1.54, 1.807) is 0 Å². The fraction of sp³-hybridized carbons (Fsp3) is 0.600. The zero-order valence-corrected chi connectivity index (χ0v) is 14.3. The Morgan fingerprint density at radius 1 is 1.00 bits per heavy atom. The Kier molecular flexibility index (Phi) is 5.93. The van der Waals surface area contributed by atoms with E-state index in [1.807, 2.05) is 11.8 Å². The van der Waals surface area contributed by atoms with Crippen molar-refractivity contribution in [1.29, 1.82) is 0 Å². The van der Waals surface area contributed by atoms with Gasteiger partial charge in [0.1, 0.15) is 0 Å². The van der Waals surface area contributed by atoms with Crippen molar-refractivity contribution >= 4 is 35.8 Å². The van der Waals surface area contributed by atoms with E-state index in [0.29, 0.717) is 0 Å². The van der Waals surface area contributed by atoms with Gasteiger partial charge in [0, 0.05) is 22.6 Å². The summed E-state index contributed by atoms with van der Waals surface area (Å²) in [4.78, 5) is 0. The standard InChI is InChI=1S/C15H26N2S2/c1-14(2,18)10-16-12-8-6-7-9-13(12)17-11-15(3,4)19-5/h6-9,16-18H,10-11H2,1-5H3. The SMILES string of the molecule is CSC(C)(C)CNc1ccccc1NCC(C)(C)S. The molecule has 1 aromatic rings. The summed E-state index contributed by atoms with van der Waals surface area (Å²) >= 11 is 6.42. The summed E-state index contributed by atoms with van der Waals surface area (Å²) in [5, 5.41) is 6.99. The molecule has 0 heterocycles. The Labute approximate surface area is 127 Å². The first-order valence-corrected chi connectivity index (χ1v) is 8.25. The van der Waals surface area contributed by atoms with Gasteiger partial charge in [-0.05, 0) is 46.1 Å². The first-order chi connectivity index (χ1) is 8.73. The van der Waals surface area contributed by atoms with Crippen LogP contribution in [0.1, 0.15) is 27.7 Å². The van der Waals surface area contributed by atoms with Gasteiger partial charge in [-0.2, -0.15) is 24.4 Å². The highest BCUT2D eigenvalue weighted by molar-refractivity contribution is 7.99. The average molecular weight is 299 g/mol. The maximum atomic E-state index is 4.55. The molecular weight excluding hydrogens is 272 g/mol. The van der Waals surface area contributed by atoms with Gasteiger partial charge in [-0.25, -0.2) is 0 Å². The number of rotatable bonds is 7. The molecule has 0 aromatic heterocycles. The zero-order chi connectivity index (χ0) is 14.5. The molecule has 0 aliphatic rings. The lowest BCUT2D eigenvalue weighted by atomic mass is 10.1. The van der Waals surface area contributed by atoms with Gasteiger partial charge in [-0.3, -0.25) is 0 Å². The minimum Gasteiger partial charge on any atom is -0.382 e. The minimum atomic E-state index is -0.0222. The van der Waals surface area contributed by atoms with Crippen LogP contribution in [0.4, 0.5) is 11.4 Å². The third kappa shape index (κ3) is 6.48. The molecule has 0 saturated carbocycles. The molecule has 0 amide bonds. The van der Waals surface area contributed by atoms with E-state index in [2.05, 4.69) is 81.5 Å². The first kappa shape index (κ1) is 16.6. The minimum absolute atomic E-state index is 0.0222. The van der Waals surface area contributed by atoms with Crippen molar-refractivity contribution in [1.82, 2.24) is 0 Å². The third-order valence-electron chi connectivity index (χ3n) is 2.90. The number of para-hydroxylation sites is 2. The molecule has 108 valence electrons. The monoisotopic (exact) mass is 298 g/mol. The van der Waals surface area contributed by atoms with Gasteiger partial charge in [-0.15, -0.1) is 0 Å². The molecule has 0 fully saturated rings. The Morgan fingerprint density at radius 2 is 1.47 bits per heavy atom. The molecule has 0 aliphatic heterocycles. The molecule has 1 aromatic carbocycles. The Balaban J connectivity index is 2.68. The van der Waals surface area contributed by atoms with Crippen molar-refractivity contribution in [3.8, 4) is 0 Å². The third-order valence-corrected chi connectivity index (χ3v) is 4.30. The van der Waals surface area contributed by atoms with Gasteiger partial charge >= 0.3 is 0 Å². The number of anilines is 2. The molecule has 2 nitrogen and oxygen atoms in total. The molecule has 0 spiro atoms. The lowest BCUT2D eigenvalue weighted by Crippen LogP contribution is -2.27. The number of benzene rings is 1. The number of nitrogens with one attached hydrogen (secondary N) is 2. The van der Waals surface area contributed by atoms with E-state index < -0.39 is 0 Å². The number of thioether (sulfide) groups is 1. The molecule has 0 atom stereocenters. The van der Waals surface area contributed by atoms with Crippen molar-refractivity contribution < 1.29 is 0 Å².